The van der Waals surface area contributed by atoms with Crippen LogP contribution >= 0.6 is 11.6 Å². The fourth-order valence-electron chi connectivity index (χ4n) is 3.34. The first-order valence-corrected chi connectivity index (χ1v) is 9.99. The lowest BCUT2D eigenvalue weighted by Gasteiger charge is -2.30. The van der Waals surface area contributed by atoms with Gasteiger partial charge in [0, 0.05) is 25.2 Å². The quantitative estimate of drug-likeness (QED) is 0.409. The fourth-order valence-corrected chi connectivity index (χ4v) is 3.71. The molecule has 1 fully saturated rings. The number of aryl methyl sites for hydroxylation is 2. The number of nitro groups is 1. The highest BCUT2D eigenvalue weighted by atomic mass is 35.5. The van der Waals surface area contributed by atoms with Gasteiger partial charge in [0.25, 0.3) is 11.6 Å². The minimum absolute atomic E-state index is 0.0217. The lowest BCUT2D eigenvalue weighted by atomic mass is 10.1. The first-order valence-electron chi connectivity index (χ1n) is 9.61. The van der Waals surface area contributed by atoms with Crippen molar-refractivity contribution < 1.29 is 24.0 Å². The topological polar surface area (TPSA) is 111 Å². The van der Waals surface area contributed by atoms with E-state index in [1.165, 1.54) is 12.1 Å². The molecule has 0 spiro atoms. The minimum atomic E-state index is -0.827. The number of hydrogen-bond donors (Lipinski definition) is 1. The van der Waals surface area contributed by atoms with Crippen molar-refractivity contribution in [3.05, 3.63) is 62.2 Å². The summed E-state index contributed by atoms with van der Waals surface area (Å²) in [7, 11) is 0. The van der Waals surface area contributed by atoms with Gasteiger partial charge in [-0.1, -0.05) is 17.7 Å². The Bertz CT molecular complexity index is 997. The van der Waals surface area contributed by atoms with Gasteiger partial charge in [-0.2, -0.15) is 0 Å². The molecule has 0 unspecified atom stereocenters. The molecule has 0 bridgehead atoms. The van der Waals surface area contributed by atoms with Gasteiger partial charge >= 0.3 is 5.97 Å². The predicted octanol–water partition coefficient (Wildman–Crippen LogP) is 3.50. The van der Waals surface area contributed by atoms with Gasteiger partial charge < -0.3 is 19.7 Å². The molecule has 9 nitrogen and oxygen atoms in total. The fraction of sp³-hybridized carbons (Fsp3) is 0.333. The average Bonchev–Trinajstić information content (AvgIpc) is 2.74. The molecule has 2 aromatic rings. The van der Waals surface area contributed by atoms with Gasteiger partial charge in [-0.25, -0.2) is 4.79 Å². The SMILES string of the molecule is Cc1cc(C)c(NC(=O)COC(=O)c2cc([N+](=O)[O-])ccc2N2CCOCC2)c(Cl)c1. The zero-order valence-corrected chi connectivity index (χ0v) is 17.9. The number of rotatable bonds is 6. The number of morpholine rings is 1. The van der Waals surface area contributed by atoms with E-state index in [4.69, 9.17) is 21.1 Å². The number of ether oxygens (including phenoxy) is 2. The van der Waals surface area contributed by atoms with Crippen LogP contribution in [0.5, 0.6) is 0 Å². The number of benzene rings is 2. The summed E-state index contributed by atoms with van der Waals surface area (Å²) < 4.78 is 10.5. The first kappa shape index (κ1) is 22.5. The number of nitrogens with one attached hydrogen (secondary N) is 1. The van der Waals surface area contributed by atoms with E-state index in [2.05, 4.69) is 5.32 Å². The van der Waals surface area contributed by atoms with E-state index < -0.39 is 23.4 Å². The maximum Gasteiger partial charge on any atom is 0.341 e. The Morgan fingerprint density at radius 1 is 1.23 bits per heavy atom. The Labute approximate surface area is 184 Å². The smallest absolute Gasteiger partial charge is 0.341 e. The highest BCUT2D eigenvalue weighted by Crippen LogP contribution is 2.28. The van der Waals surface area contributed by atoms with Gasteiger partial charge in [0.2, 0.25) is 0 Å². The molecular weight excluding hydrogens is 426 g/mol. The molecule has 0 atom stereocenters. The summed E-state index contributed by atoms with van der Waals surface area (Å²) >= 11 is 6.19. The molecule has 1 saturated heterocycles. The van der Waals surface area contributed by atoms with Crippen molar-refractivity contribution >= 4 is 40.5 Å². The van der Waals surface area contributed by atoms with Crippen LogP contribution in [0.1, 0.15) is 21.5 Å². The molecular formula is C21H22ClN3O6. The van der Waals surface area contributed by atoms with E-state index in [0.717, 1.165) is 17.2 Å². The largest absolute Gasteiger partial charge is 0.452 e. The second-order valence-corrected chi connectivity index (χ2v) is 7.53. The van der Waals surface area contributed by atoms with Gasteiger partial charge in [-0.3, -0.25) is 14.9 Å². The highest BCUT2D eigenvalue weighted by molar-refractivity contribution is 6.34. The number of non-ortho nitro benzene ring substituents is 1. The predicted molar refractivity (Wildman–Crippen MR) is 116 cm³/mol. The Kier molecular flexibility index (Phi) is 7.09. The number of halogens is 1. The number of carbonyl (C=O) groups is 2. The van der Waals surface area contributed by atoms with Gasteiger partial charge in [-0.05, 0) is 37.1 Å². The minimum Gasteiger partial charge on any atom is -0.452 e. The third-order valence-corrected chi connectivity index (χ3v) is 5.09. The molecule has 0 radical (unpaired) electrons. The molecule has 0 saturated carbocycles. The molecule has 1 aliphatic rings. The third kappa shape index (κ3) is 5.50. The molecule has 0 aromatic heterocycles. The van der Waals surface area contributed by atoms with Gasteiger partial charge in [0.1, 0.15) is 0 Å². The third-order valence-electron chi connectivity index (χ3n) is 4.79. The van der Waals surface area contributed by atoms with Crippen molar-refractivity contribution in [1.82, 2.24) is 0 Å². The molecule has 1 N–H and O–H groups in total. The number of nitrogens with zero attached hydrogens (tertiary/aromatic N) is 2. The van der Waals surface area contributed by atoms with Gasteiger partial charge in [-0.15, -0.1) is 0 Å². The first-order chi connectivity index (χ1) is 14.8. The highest BCUT2D eigenvalue weighted by Gasteiger charge is 2.23. The van der Waals surface area contributed by atoms with Crippen molar-refractivity contribution in [3.63, 3.8) is 0 Å². The van der Waals surface area contributed by atoms with Crippen LogP contribution < -0.4 is 10.2 Å². The van der Waals surface area contributed by atoms with E-state index in [-0.39, 0.29) is 11.3 Å². The van der Waals surface area contributed by atoms with Gasteiger partial charge in [0.05, 0.1) is 40.1 Å². The van der Waals surface area contributed by atoms with Crippen molar-refractivity contribution in [3.8, 4) is 0 Å². The van der Waals surface area contributed by atoms with Crippen molar-refractivity contribution in [2.45, 2.75) is 13.8 Å². The molecule has 0 aliphatic carbocycles. The number of amides is 1. The van der Waals surface area contributed by atoms with Crippen molar-refractivity contribution in [2.75, 3.05) is 43.1 Å². The van der Waals surface area contributed by atoms with Crippen LogP contribution in [-0.4, -0.2) is 49.7 Å². The van der Waals surface area contributed by atoms with E-state index in [1.54, 1.807) is 13.0 Å². The van der Waals surface area contributed by atoms with Crippen LogP contribution in [0.4, 0.5) is 17.1 Å². The van der Waals surface area contributed by atoms with E-state index >= 15 is 0 Å². The van der Waals surface area contributed by atoms with E-state index in [9.17, 15) is 19.7 Å². The zero-order valence-electron chi connectivity index (χ0n) is 17.1. The number of esters is 1. The maximum atomic E-state index is 12.7. The number of nitro benzene ring substituents is 1. The van der Waals surface area contributed by atoms with E-state index in [0.29, 0.717) is 42.7 Å². The van der Waals surface area contributed by atoms with Crippen LogP contribution in [0.15, 0.2) is 30.3 Å². The van der Waals surface area contributed by atoms with Gasteiger partial charge in [0.15, 0.2) is 6.61 Å². The van der Waals surface area contributed by atoms with Crippen LogP contribution in [0.2, 0.25) is 5.02 Å². The summed E-state index contributed by atoms with van der Waals surface area (Å²) in [5.41, 5.74) is 2.45. The van der Waals surface area contributed by atoms with E-state index in [1.807, 2.05) is 17.9 Å². The number of hydrogen-bond acceptors (Lipinski definition) is 7. The van der Waals surface area contributed by atoms with Crippen LogP contribution in [0.3, 0.4) is 0 Å². The normalized spacial score (nSPS) is 13.6. The Morgan fingerprint density at radius 3 is 2.58 bits per heavy atom. The number of carbonyl (C=O) groups excluding carboxylic acids is 2. The lowest BCUT2D eigenvalue weighted by Crippen LogP contribution is -2.37. The summed E-state index contributed by atoms with van der Waals surface area (Å²) in [5, 5.41) is 14.2. The molecule has 3 rings (SSSR count). The summed E-state index contributed by atoms with van der Waals surface area (Å²) in [6.45, 7) is 5.14. The second-order valence-electron chi connectivity index (χ2n) is 7.12. The Hall–Kier alpha value is -3.17. The average molecular weight is 448 g/mol. The molecule has 1 heterocycles. The van der Waals surface area contributed by atoms with Crippen LogP contribution in [-0.2, 0) is 14.3 Å². The molecule has 164 valence electrons. The molecule has 1 amide bonds. The lowest BCUT2D eigenvalue weighted by molar-refractivity contribution is -0.384. The van der Waals surface area contributed by atoms with Crippen molar-refractivity contribution in [2.24, 2.45) is 0 Å². The summed E-state index contributed by atoms with van der Waals surface area (Å²) in [6.07, 6.45) is 0. The number of anilines is 2. The standard InChI is InChI=1S/C21H22ClN3O6/c1-13-9-14(2)20(17(22)10-13)23-19(26)12-31-21(27)16-11-15(25(28)29)3-4-18(16)24-5-7-30-8-6-24/h3-4,9-11H,5-8,12H2,1-2H3,(H,23,26). The molecule has 31 heavy (non-hydrogen) atoms. The Morgan fingerprint density at radius 2 is 1.94 bits per heavy atom. The second kappa shape index (κ2) is 9.76. The van der Waals surface area contributed by atoms with Crippen LogP contribution in [0.25, 0.3) is 0 Å². The molecule has 1 aliphatic heterocycles. The monoisotopic (exact) mass is 447 g/mol. The van der Waals surface area contributed by atoms with Crippen LogP contribution in [0, 0.1) is 24.0 Å². The molecule has 10 heteroatoms. The Balaban J connectivity index is 1.74. The maximum absolute atomic E-state index is 12.7. The summed E-state index contributed by atoms with van der Waals surface area (Å²) in [6, 6.07) is 7.58. The summed E-state index contributed by atoms with van der Waals surface area (Å²) in [5.74, 6) is -1.40. The molecule has 2 aromatic carbocycles. The van der Waals surface area contributed by atoms with Crippen molar-refractivity contribution in [1.29, 1.82) is 0 Å². The zero-order chi connectivity index (χ0) is 22.5. The summed E-state index contributed by atoms with van der Waals surface area (Å²) in [4.78, 5) is 37.5.